The standard InChI is InChI=1S/C15H13BrN4/c16-9-4-7-13-12(8-9)19-15(20(13)10-5-6-10)11-2-1-3-14(17)18-11/h1-4,7-8,10H,5-6H2,(H2,17,18). The molecule has 0 aliphatic heterocycles. The third-order valence-corrected chi connectivity index (χ3v) is 4.06. The van der Waals surface area contributed by atoms with Crippen LogP contribution in [0.25, 0.3) is 22.6 Å². The highest BCUT2D eigenvalue weighted by Crippen LogP contribution is 2.41. The summed E-state index contributed by atoms with van der Waals surface area (Å²) in [5, 5.41) is 0. The Morgan fingerprint density at radius 2 is 2.00 bits per heavy atom. The molecule has 0 atom stereocenters. The van der Waals surface area contributed by atoms with E-state index in [1.54, 1.807) is 6.07 Å². The van der Waals surface area contributed by atoms with Gasteiger partial charge < -0.3 is 10.3 Å². The summed E-state index contributed by atoms with van der Waals surface area (Å²) in [7, 11) is 0. The second-order valence-electron chi connectivity index (χ2n) is 5.12. The minimum Gasteiger partial charge on any atom is -0.384 e. The molecule has 0 saturated heterocycles. The Kier molecular flexibility index (Phi) is 2.57. The zero-order valence-electron chi connectivity index (χ0n) is 10.8. The number of nitrogens with two attached hydrogens (primary N) is 1. The van der Waals surface area contributed by atoms with Crippen LogP contribution in [0.3, 0.4) is 0 Å². The Morgan fingerprint density at radius 3 is 2.75 bits per heavy atom. The van der Waals surface area contributed by atoms with E-state index < -0.39 is 0 Å². The molecule has 0 bridgehead atoms. The SMILES string of the molecule is Nc1cccc(-c2nc3cc(Br)ccc3n2C2CC2)n1. The van der Waals surface area contributed by atoms with Crippen LogP contribution in [0.4, 0.5) is 5.82 Å². The number of imidazole rings is 1. The van der Waals surface area contributed by atoms with E-state index in [0.29, 0.717) is 11.9 Å². The third kappa shape index (κ3) is 1.89. The zero-order chi connectivity index (χ0) is 13.7. The minimum absolute atomic E-state index is 0.526. The first-order valence-corrected chi connectivity index (χ1v) is 7.42. The zero-order valence-corrected chi connectivity index (χ0v) is 12.3. The lowest BCUT2D eigenvalue weighted by atomic mass is 10.3. The van der Waals surface area contributed by atoms with Gasteiger partial charge in [0.1, 0.15) is 11.5 Å². The average molecular weight is 329 g/mol. The number of benzene rings is 1. The molecule has 1 aromatic carbocycles. The molecule has 5 heteroatoms. The molecule has 3 aromatic rings. The van der Waals surface area contributed by atoms with Crippen molar-refractivity contribution in [2.24, 2.45) is 0 Å². The fraction of sp³-hybridized carbons (Fsp3) is 0.200. The number of pyridine rings is 1. The summed E-state index contributed by atoms with van der Waals surface area (Å²) < 4.78 is 3.33. The molecule has 4 rings (SSSR count). The number of nitrogen functional groups attached to an aromatic ring is 1. The molecule has 2 heterocycles. The summed E-state index contributed by atoms with van der Waals surface area (Å²) in [5.41, 5.74) is 8.79. The van der Waals surface area contributed by atoms with Gasteiger partial charge in [0.15, 0.2) is 5.82 Å². The van der Waals surface area contributed by atoms with Crippen molar-refractivity contribution >= 4 is 32.8 Å². The number of hydrogen-bond donors (Lipinski definition) is 1. The van der Waals surface area contributed by atoms with Gasteiger partial charge in [-0.15, -0.1) is 0 Å². The second kappa shape index (κ2) is 4.31. The molecule has 100 valence electrons. The maximum Gasteiger partial charge on any atom is 0.160 e. The summed E-state index contributed by atoms with van der Waals surface area (Å²) in [6.07, 6.45) is 2.41. The molecule has 1 aliphatic rings. The van der Waals surface area contributed by atoms with E-state index in [0.717, 1.165) is 27.0 Å². The number of fused-ring (bicyclic) bond motifs is 1. The number of nitrogens with zero attached hydrogens (tertiary/aromatic N) is 3. The highest BCUT2D eigenvalue weighted by Gasteiger charge is 2.29. The Morgan fingerprint density at radius 1 is 1.15 bits per heavy atom. The number of anilines is 1. The third-order valence-electron chi connectivity index (χ3n) is 3.56. The van der Waals surface area contributed by atoms with Gasteiger partial charge in [0, 0.05) is 10.5 Å². The molecule has 1 aliphatic carbocycles. The van der Waals surface area contributed by atoms with E-state index in [4.69, 9.17) is 10.7 Å². The quantitative estimate of drug-likeness (QED) is 0.778. The maximum absolute atomic E-state index is 5.80. The molecule has 1 saturated carbocycles. The molecule has 0 unspecified atom stereocenters. The monoisotopic (exact) mass is 328 g/mol. The Bertz CT molecular complexity index is 805. The van der Waals surface area contributed by atoms with Gasteiger partial charge in [-0.2, -0.15) is 0 Å². The van der Waals surface area contributed by atoms with Gasteiger partial charge in [-0.3, -0.25) is 0 Å². The molecular weight excluding hydrogens is 316 g/mol. The van der Waals surface area contributed by atoms with Crippen LogP contribution in [0.2, 0.25) is 0 Å². The van der Waals surface area contributed by atoms with Gasteiger partial charge in [0.05, 0.1) is 11.0 Å². The molecule has 0 amide bonds. The van der Waals surface area contributed by atoms with Crippen molar-refractivity contribution in [2.75, 3.05) is 5.73 Å². The maximum atomic E-state index is 5.80. The highest BCUT2D eigenvalue weighted by atomic mass is 79.9. The van der Waals surface area contributed by atoms with Crippen molar-refractivity contribution in [2.45, 2.75) is 18.9 Å². The minimum atomic E-state index is 0.526. The molecule has 1 fully saturated rings. The lowest BCUT2D eigenvalue weighted by Gasteiger charge is -2.07. The van der Waals surface area contributed by atoms with Crippen molar-refractivity contribution < 1.29 is 0 Å². The molecule has 4 nitrogen and oxygen atoms in total. The van der Waals surface area contributed by atoms with E-state index in [2.05, 4.69) is 37.6 Å². The first-order valence-electron chi connectivity index (χ1n) is 6.63. The van der Waals surface area contributed by atoms with Gasteiger partial charge in [-0.25, -0.2) is 9.97 Å². The van der Waals surface area contributed by atoms with Gasteiger partial charge in [0.2, 0.25) is 0 Å². The topological polar surface area (TPSA) is 56.7 Å². The molecule has 2 N–H and O–H groups in total. The van der Waals surface area contributed by atoms with Crippen molar-refractivity contribution in [1.82, 2.24) is 14.5 Å². The van der Waals surface area contributed by atoms with Gasteiger partial charge >= 0.3 is 0 Å². The van der Waals surface area contributed by atoms with Crippen LogP contribution in [-0.4, -0.2) is 14.5 Å². The number of halogens is 1. The molecule has 2 aromatic heterocycles. The summed E-state index contributed by atoms with van der Waals surface area (Å²) in [6, 6.07) is 12.4. The number of hydrogen-bond acceptors (Lipinski definition) is 3. The fourth-order valence-electron chi connectivity index (χ4n) is 2.53. The van der Waals surface area contributed by atoms with Crippen molar-refractivity contribution in [3.05, 3.63) is 40.9 Å². The Hall–Kier alpha value is -1.88. The highest BCUT2D eigenvalue weighted by molar-refractivity contribution is 9.10. The van der Waals surface area contributed by atoms with E-state index in [1.807, 2.05) is 18.2 Å². The number of aromatic nitrogens is 3. The van der Waals surface area contributed by atoms with Crippen molar-refractivity contribution in [1.29, 1.82) is 0 Å². The van der Waals surface area contributed by atoms with Crippen molar-refractivity contribution in [3.63, 3.8) is 0 Å². The molecule has 20 heavy (non-hydrogen) atoms. The molecular formula is C15H13BrN4. The van der Waals surface area contributed by atoms with Crippen LogP contribution in [-0.2, 0) is 0 Å². The lowest BCUT2D eigenvalue weighted by molar-refractivity contribution is 0.772. The van der Waals surface area contributed by atoms with Crippen LogP contribution >= 0.6 is 15.9 Å². The second-order valence-corrected chi connectivity index (χ2v) is 6.03. The predicted molar refractivity (Wildman–Crippen MR) is 83.3 cm³/mol. The fourth-order valence-corrected chi connectivity index (χ4v) is 2.88. The van der Waals surface area contributed by atoms with Crippen LogP contribution in [0.5, 0.6) is 0 Å². The van der Waals surface area contributed by atoms with Crippen LogP contribution in [0, 0.1) is 0 Å². The van der Waals surface area contributed by atoms with Gasteiger partial charge in [0.25, 0.3) is 0 Å². The summed E-state index contributed by atoms with van der Waals surface area (Å²) in [4.78, 5) is 9.18. The van der Waals surface area contributed by atoms with Crippen molar-refractivity contribution in [3.8, 4) is 11.5 Å². The molecule has 0 spiro atoms. The van der Waals surface area contributed by atoms with Crippen LogP contribution < -0.4 is 5.73 Å². The van der Waals surface area contributed by atoms with E-state index in [1.165, 1.54) is 12.8 Å². The smallest absolute Gasteiger partial charge is 0.160 e. The summed E-state index contributed by atoms with van der Waals surface area (Å²) in [6.45, 7) is 0. The normalized spacial score (nSPS) is 14.8. The van der Waals surface area contributed by atoms with E-state index in [9.17, 15) is 0 Å². The first kappa shape index (κ1) is 11.9. The van der Waals surface area contributed by atoms with E-state index >= 15 is 0 Å². The first-order chi connectivity index (χ1) is 9.72. The Labute approximate surface area is 124 Å². The lowest BCUT2D eigenvalue weighted by Crippen LogP contribution is -2.00. The van der Waals surface area contributed by atoms with Crippen LogP contribution in [0.1, 0.15) is 18.9 Å². The van der Waals surface area contributed by atoms with E-state index in [-0.39, 0.29) is 0 Å². The summed E-state index contributed by atoms with van der Waals surface area (Å²) in [5.74, 6) is 1.44. The van der Waals surface area contributed by atoms with Gasteiger partial charge in [-0.05, 0) is 43.2 Å². The predicted octanol–water partition coefficient (Wildman–Crippen LogP) is 3.78. The average Bonchev–Trinajstić information content (AvgIpc) is 3.19. The number of rotatable bonds is 2. The summed E-state index contributed by atoms with van der Waals surface area (Å²) >= 11 is 3.50. The molecule has 0 radical (unpaired) electrons. The van der Waals surface area contributed by atoms with Gasteiger partial charge in [-0.1, -0.05) is 22.0 Å². The van der Waals surface area contributed by atoms with Crippen LogP contribution in [0.15, 0.2) is 40.9 Å². The largest absolute Gasteiger partial charge is 0.384 e. The Balaban J connectivity index is 2.00.